The lowest BCUT2D eigenvalue weighted by Crippen LogP contribution is -1.79. The molecule has 0 bridgehead atoms. The van der Waals surface area contributed by atoms with Crippen molar-refractivity contribution in [2.45, 2.75) is 6.92 Å². The van der Waals surface area contributed by atoms with Crippen molar-refractivity contribution in [1.29, 1.82) is 0 Å². The Bertz CT molecular complexity index is 333. The maximum absolute atomic E-state index is 4.01. The molecule has 0 aliphatic heterocycles. The van der Waals surface area contributed by atoms with E-state index >= 15 is 0 Å². The van der Waals surface area contributed by atoms with Crippen molar-refractivity contribution in [2.75, 3.05) is 5.75 Å². The van der Waals surface area contributed by atoms with Crippen LogP contribution in [0.3, 0.4) is 0 Å². The summed E-state index contributed by atoms with van der Waals surface area (Å²) in [5.74, 6) is 6.53. The number of thiol groups is 1. The van der Waals surface area contributed by atoms with Gasteiger partial charge >= 0.3 is 0 Å². The van der Waals surface area contributed by atoms with Crippen LogP contribution in [0.1, 0.15) is 11.1 Å². The second-order valence-electron chi connectivity index (χ2n) is 2.42. The summed E-state index contributed by atoms with van der Waals surface area (Å²) in [6.07, 6.45) is 0. The molecule has 1 aromatic carbocycles. The number of rotatable bonds is 0. The first kappa shape index (κ1) is 9.70. The van der Waals surface area contributed by atoms with Crippen molar-refractivity contribution in [3.05, 3.63) is 33.8 Å². The zero-order chi connectivity index (χ0) is 8.97. The fraction of sp³-hybridized carbons (Fsp3) is 0.200. The summed E-state index contributed by atoms with van der Waals surface area (Å²) in [6, 6.07) is 6.06. The van der Waals surface area contributed by atoms with Gasteiger partial charge in [-0.05, 0) is 30.7 Å². The molecule has 0 spiro atoms. The molecule has 0 N–H and O–H groups in total. The normalized spacial score (nSPS) is 8.92. The minimum absolute atomic E-state index is 0.606. The lowest BCUT2D eigenvalue weighted by molar-refractivity contribution is 1.42. The van der Waals surface area contributed by atoms with E-state index in [1.165, 1.54) is 5.56 Å². The highest BCUT2D eigenvalue weighted by Crippen LogP contribution is 2.16. The molecule has 0 aromatic heterocycles. The zero-order valence-electron chi connectivity index (χ0n) is 6.76. The van der Waals surface area contributed by atoms with Crippen LogP contribution in [0.4, 0.5) is 0 Å². The van der Waals surface area contributed by atoms with Crippen LogP contribution in [0.2, 0.25) is 0 Å². The fourth-order valence-corrected chi connectivity index (χ4v) is 1.19. The Balaban J connectivity index is 2.97. The van der Waals surface area contributed by atoms with Gasteiger partial charge in [0.15, 0.2) is 0 Å². The molecular weight excluding hydrogens is 232 g/mol. The molecule has 0 amide bonds. The number of benzene rings is 1. The van der Waals surface area contributed by atoms with Crippen LogP contribution in [0.25, 0.3) is 0 Å². The van der Waals surface area contributed by atoms with Crippen LogP contribution < -0.4 is 0 Å². The Morgan fingerprint density at radius 2 is 2.25 bits per heavy atom. The van der Waals surface area contributed by atoms with Gasteiger partial charge in [-0.25, -0.2) is 0 Å². The van der Waals surface area contributed by atoms with Crippen molar-refractivity contribution < 1.29 is 0 Å². The van der Waals surface area contributed by atoms with E-state index in [0.29, 0.717) is 5.75 Å². The molecule has 0 nitrogen and oxygen atoms in total. The van der Waals surface area contributed by atoms with Crippen molar-refractivity contribution in [2.24, 2.45) is 0 Å². The van der Waals surface area contributed by atoms with Gasteiger partial charge < -0.3 is 0 Å². The Kier molecular flexibility index (Phi) is 3.71. The van der Waals surface area contributed by atoms with Crippen LogP contribution in [0.5, 0.6) is 0 Å². The molecule has 1 aromatic rings. The summed E-state index contributed by atoms with van der Waals surface area (Å²) in [5, 5.41) is 0. The summed E-state index contributed by atoms with van der Waals surface area (Å²) < 4.78 is 1.12. The average molecular weight is 241 g/mol. The number of aryl methyl sites for hydroxylation is 1. The van der Waals surface area contributed by atoms with Gasteiger partial charge in [-0.2, -0.15) is 12.6 Å². The minimum atomic E-state index is 0.606. The highest BCUT2D eigenvalue weighted by molar-refractivity contribution is 9.10. The molecule has 0 unspecified atom stereocenters. The number of hydrogen-bond acceptors (Lipinski definition) is 1. The first-order valence-corrected chi connectivity index (χ1v) is 5.02. The number of halogens is 1. The Labute approximate surface area is 86.9 Å². The van der Waals surface area contributed by atoms with Crippen LogP contribution in [0, 0.1) is 18.8 Å². The zero-order valence-corrected chi connectivity index (χ0v) is 9.24. The standard InChI is InChI=1S/C10H9BrS/c1-8-7-9(3-2-6-12)4-5-10(8)11/h4-5,7,12H,6H2,1H3. The van der Waals surface area contributed by atoms with Gasteiger partial charge in [0.1, 0.15) is 0 Å². The third kappa shape index (κ3) is 2.58. The Morgan fingerprint density at radius 1 is 1.50 bits per heavy atom. The van der Waals surface area contributed by atoms with Gasteiger partial charge in [-0.3, -0.25) is 0 Å². The van der Waals surface area contributed by atoms with Crippen molar-refractivity contribution in [3.8, 4) is 11.8 Å². The van der Waals surface area contributed by atoms with E-state index in [2.05, 4.69) is 53.4 Å². The smallest absolute Gasteiger partial charge is 0.0521 e. The molecule has 0 heterocycles. The summed E-state index contributed by atoms with van der Waals surface area (Å²) >= 11 is 7.45. The van der Waals surface area contributed by atoms with Gasteiger partial charge in [-0.1, -0.05) is 27.8 Å². The Hall–Kier alpha value is -0.390. The lowest BCUT2D eigenvalue weighted by Gasteiger charge is -1.96. The molecule has 0 atom stereocenters. The third-order valence-electron chi connectivity index (χ3n) is 1.47. The van der Waals surface area contributed by atoms with Crippen LogP contribution in [-0.2, 0) is 0 Å². The first-order valence-electron chi connectivity index (χ1n) is 3.60. The fourth-order valence-electron chi connectivity index (χ4n) is 0.864. The predicted molar refractivity (Wildman–Crippen MR) is 59.6 cm³/mol. The average Bonchev–Trinajstić information content (AvgIpc) is 2.07. The molecular formula is C10H9BrS. The van der Waals surface area contributed by atoms with Gasteiger partial charge in [0.05, 0.1) is 5.75 Å². The minimum Gasteiger partial charge on any atom is -0.166 e. The first-order chi connectivity index (χ1) is 5.74. The van der Waals surface area contributed by atoms with E-state index in [1.807, 2.05) is 12.1 Å². The summed E-state index contributed by atoms with van der Waals surface area (Å²) in [6.45, 7) is 2.05. The van der Waals surface area contributed by atoms with E-state index in [4.69, 9.17) is 0 Å². The van der Waals surface area contributed by atoms with Crippen molar-refractivity contribution in [1.82, 2.24) is 0 Å². The molecule has 0 saturated carbocycles. The monoisotopic (exact) mass is 240 g/mol. The molecule has 0 aliphatic rings. The lowest BCUT2D eigenvalue weighted by atomic mass is 10.1. The summed E-state index contributed by atoms with van der Waals surface area (Å²) in [5.41, 5.74) is 2.26. The van der Waals surface area contributed by atoms with Gasteiger partial charge in [-0.15, -0.1) is 0 Å². The SMILES string of the molecule is Cc1cc(C#CCS)ccc1Br. The molecule has 62 valence electrons. The highest BCUT2D eigenvalue weighted by atomic mass is 79.9. The molecule has 1 rings (SSSR count). The van der Waals surface area contributed by atoms with Crippen molar-refractivity contribution >= 4 is 28.6 Å². The van der Waals surface area contributed by atoms with Crippen LogP contribution in [-0.4, -0.2) is 5.75 Å². The second-order valence-corrected chi connectivity index (χ2v) is 3.59. The third-order valence-corrected chi connectivity index (χ3v) is 2.52. The van der Waals surface area contributed by atoms with E-state index in [-0.39, 0.29) is 0 Å². The van der Waals surface area contributed by atoms with Gasteiger partial charge in [0.25, 0.3) is 0 Å². The highest BCUT2D eigenvalue weighted by Gasteiger charge is 1.93. The van der Waals surface area contributed by atoms with Gasteiger partial charge in [0, 0.05) is 10.0 Å². The number of hydrogen-bond donors (Lipinski definition) is 1. The maximum atomic E-state index is 4.01. The van der Waals surface area contributed by atoms with Crippen molar-refractivity contribution in [3.63, 3.8) is 0 Å². The van der Waals surface area contributed by atoms with Gasteiger partial charge in [0.2, 0.25) is 0 Å². The maximum Gasteiger partial charge on any atom is 0.0521 e. The van der Waals surface area contributed by atoms with E-state index < -0.39 is 0 Å². The van der Waals surface area contributed by atoms with Crippen LogP contribution >= 0.6 is 28.6 Å². The Morgan fingerprint density at radius 3 is 2.83 bits per heavy atom. The largest absolute Gasteiger partial charge is 0.166 e. The van der Waals surface area contributed by atoms with Crippen LogP contribution in [0.15, 0.2) is 22.7 Å². The predicted octanol–water partition coefficient (Wildman–Crippen LogP) is 3.04. The summed E-state index contributed by atoms with van der Waals surface area (Å²) in [7, 11) is 0. The van der Waals surface area contributed by atoms with E-state index in [9.17, 15) is 0 Å². The molecule has 2 heteroatoms. The quantitative estimate of drug-likeness (QED) is 0.523. The second kappa shape index (κ2) is 4.59. The van der Waals surface area contributed by atoms with E-state index in [1.54, 1.807) is 0 Å². The summed E-state index contributed by atoms with van der Waals surface area (Å²) in [4.78, 5) is 0. The molecule has 0 aliphatic carbocycles. The molecule has 0 fully saturated rings. The topological polar surface area (TPSA) is 0 Å². The molecule has 0 saturated heterocycles. The molecule has 12 heavy (non-hydrogen) atoms. The molecule has 0 radical (unpaired) electrons. The van der Waals surface area contributed by atoms with E-state index in [0.717, 1.165) is 10.0 Å².